The van der Waals surface area contributed by atoms with E-state index in [1.54, 1.807) is 30.6 Å². The first-order chi connectivity index (χ1) is 11.6. The van der Waals surface area contributed by atoms with E-state index >= 15 is 0 Å². The van der Waals surface area contributed by atoms with Crippen LogP contribution >= 0.6 is 0 Å². The summed E-state index contributed by atoms with van der Waals surface area (Å²) in [6, 6.07) is 9.18. The van der Waals surface area contributed by atoms with Gasteiger partial charge in [0.2, 0.25) is 12.0 Å². The molecule has 0 bridgehead atoms. The molecular formula is C18H15N3O3. The predicted octanol–water partition coefficient (Wildman–Crippen LogP) is 1.99. The van der Waals surface area contributed by atoms with Crippen LogP contribution in [0.5, 0.6) is 0 Å². The lowest BCUT2D eigenvalue weighted by Gasteiger charge is -2.18. The van der Waals surface area contributed by atoms with E-state index in [1.165, 1.54) is 4.90 Å². The van der Waals surface area contributed by atoms with Gasteiger partial charge in [0, 0.05) is 18.0 Å². The molecule has 2 aliphatic rings. The van der Waals surface area contributed by atoms with Gasteiger partial charge in [0.25, 0.3) is 5.91 Å². The van der Waals surface area contributed by atoms with Crippen molar-refractivity contribution in [2.75, 3.05) is 4.90 Å². The number of fused-ring (bicyclic) bond motifs is 1. The van der Waals surface area contributed by atoms with Crippen LogP contribution in [0.25, 0.3) is 0 Å². The lowest BCUT2D eigenvalue weighted by molar-refractivity contribution is -0.126. The Kier molecular flexibility index (Phi) is 3.19. The van der Waals surface area contributed by atoms with Crippen LogP contribution in [0.2, 0.25) is 0 Å². The standard InChI is InChI=1S/C18H15N3O3/c1-10-5-6-13(11(2)8-10)21-17(22)14-15(12-4-3-7-19-9-12)20-24-16(14)18(21)23/h3-9,14,16H,1-2H3/t14-,16+/m1/s1. The molecule has 24 heavy (non-hydrogen) atoms. The molecule has 120 valence electrons. The van der Waals surface area contributed by atoms with Gasteiger partial charge in [-0.2, -0.15) is 0 Å². The number of carbonyl (C=O) groups excluding carboxylic acids is 2. The highest BCUT2D eigenvalue weighted by Gasteiger charge is 2.56. The number of amides is 2. The summed E-state index contributed by atoms with van der Waals surface area (Å²) in [6.07, 6.45) is 2.36. The molecule has 1 saturated heterocycles. The molecular weight excluding hydrogens is 306 g/mol. The van der Waals surface area contributed by atoms with Gasteiger partial charge in [-0.1, -0.05) is 22.9 Å². The Morgan fingerprint density at radius 1 is 1.12 bits per heavy atom. The summed E-state index contributed by atoms with van der Waals surface area (Å²) < 4.78 is 0. The first-order valence-corrected chi connectivity index (χ1v) is 7.67. The van der Waals surface area contributed by atoms with Gasteiger partial charge in [0.1, 0.15) is 11.6 Å². The third-order valence-electron chi connectivity index (χ3n) is 4.36. The topological polar surface area (TPSA) is 71.9 Å². The molecule has 4 rings (SSSR count). The second kappa shape index (κ2) is 5.26. The monoisotopic (exact) mass is 321 g/mol. The number of hydrogen-bond acceptors (Lipinski definition) is 5. The summed E-state index contributed by atoms with van der Waals surface area (Å²) in [5.74, 6) is -1.40. The fraction of sp³-hybridized carbons (Fsp3) is 0.222. The quantitative estimate of drug-likeness (QED) is 0.793. The van der Waals surface area contributed by atoms with Crippen LogP contribution in [-0.2, 0) is 14.4 Å². The Morgan fingerprint density at radius 3 is 2.67 bits per heavy atom. The van der Waals surface area contributed by atoms with E-state index in [9.17, 15) is 9.59 Å². The second-order valence-corrected chi connectivity index (χ2v) is 6.02. The van der Waals surface area contributed by atoms with E-state index < -0.39 is 12.0 Å². The van der Waals surface area contributed by atoms with Crippen molar-refractivity contribution in [3.05, 3.63) is 59.4 Å². The normalized spacial score (nSPS) is 22.4. The molecule has 0 radical (unpaired) electrons. The summed E-state index contributed by atoms with van der Waals surface area (Å²) >= 11 is 0. The van der Waals surface area contributed by atoms with Gasteiger partial charge in [0.05, 0.1) is 5.69 Å². The van der Waals surface area contributed by atoms with E-state index in [4.69, 9.17) is 4.84 Å². The SMILES string of the molecule is Cc1ccc(N2C(=O)[C@@H]3C(c4cccnc4)=NO[C@@H]3C2=O)c(C)c1. The van der Waals surface area contributed by atoms with E-state index in [1.807, 2.05) is 26.0 Å². The maximum atomic E-state index is 12.9. The van der Waals surface area contributed by atoms with Crippen molar-refractivity contribution >= 4 is 23.2 Å². The van der Waals surface area contributed by atoms with Crippen LogP contribution < -0.4 is 4.90 Å². The minimum atomic E-state index is -0.895. The number of imide groups is 1. The van der Waals surface area contributed by atoms with Crippen molar-refractivity contribution < 1.29 is 14.4 Å². The zero-order valence-corrected chi connectivity index (χ0v) is 13.3. The predicted molar refractivity (Wildman–Crippen MR) is 87.5 cm³/mol. The molecule has 2 atom stereocenters. The van der Waals surface area contributed by atoms with Gasteiger partial charge < -0.3 is 4.84 Å². The van der Waals surface area contributed by atoms with Crippen molar-refractivity contribution in [2.24, 2.45) is 11.1 Å². The molecule has 2 aliphatic heterocycles. The highest BCUT2D eigenvalue weighted by molar-refractivity contribution is 6.32. The van der Waals surface area contributed by atoms with Gasteiger partial charge >= 0.3 is 0 Å². The van der Waals surface area contributed by atoms with Gasteiger partial charge in [-0.3, -0.25) is 14.6 Å². The highest BCUT2D eigenvalue weighted by Crippen LogP contribution is 2.36. The number of anilines is 1. The number of carbonyl (C=O) groups is 2. The molecule has 0 spiro atoms. The molecule has 3 heterocycles. The molecule has 1 aromatic heterocycles. The molecule has 0 N–H and O–H groups in total. The van der Waals surface area contributed by atoms with Crippen molar-refractivity contribution in [1.29, 1.82) is 0 Å². The maximum Gasteiger partial charge on any atom is 0.278 e. The van der Waals surface area contributed by atoms with Crippen LogP contribution in [0.3, 0.4) is 0 Å². The Balaban J connectivity index is 1.74. The zero-order chi connectivity index (χ0) is 16.8. The first kappa shape index (κ1) is 14.6. The molecule has 2 aromatic rings. The van der Waals surface area contributed by atoms with Gasteiger partial charge in [-0.05, 0) is 37.6 Å². The van der Waals surface area contributed by atoms with Crippen LogP contribution in [-0.4, -0.2) is 28.6 Å². The largest absolute Gasteiger partial charge is 0.381 e. The van der Waals surface area contributed by atoms with Crippen molar-refractivity contribution in [2.45, 2.75) is 20.0 Å². The van der Waals surface area contributed by atoms with Crippen molar-refractivity contribution in [1.82, 2.24) is 4.98 Å². The zero-order valence-electron chi connectivity index (χ0n) is 13.3. The number of aryl methyl sites for hydroxylation is 2. The number of oxime groups is 1. The van der Waals surface area contributed by atoms with Gasteiger partial charge in [-0.25, -0.2) is 4.90 Å². The minimum Gasteiger partial charge on any atom is -0.381 e. The summed E-state index contributed by atoms with van der Waals surface area (Å²) in [6.45, 7) is 3.85. The summed E-state index contributed by atoms with van der Waals surface area (Å²) in [7, 11) is 0. The Bertz CT molecular complexity index is 876. The lowest BCUT2D eigenvalue weighted by Crippen LogP contribution is -2.33. The molecule has 0 unspecified atom stereocenters. The van der Waals surface area contributed by atoms with E-state index in [0.717, 1.165) is 11.1 Å². The van der Waals surface area contributed by atoms with Crippen LogP contribution in [0.15, 0.2) is 47.9 Å². The van der Waals surface area contributed by atoms with Crippen LogP contribution in [0, 0.1) is 19.8 Å². The second-order valence-electron chi connectivity index (χ2n) is 6.02. The van der Waals surface area contributed by atoms with E-state index in [2.05, 4.69) is 10.1 Å². The third-order valence-corrected chi connectivity index (χ3v) is 4.36. The lowest BCUT2D eigenvalue weighted by atomic mass is 9.95. The molecule has 6 heteroatoms. The van der Waals surface area contributed by atoms with Crippen molar-refractivity contribution in [3.63, 3.8) is 0 Å². The number of pyridine rings is 1. The number of benzene rings is 1. The van der Waals surface area contributed by atoms with Crippen LogP contribution in [0.4, 0.5) is 5.69 Å². The highest BCUT2D eigenvalue weighted by atomic mass is 16.6. The van der Waals surface area contributed by atoms with E-state index in [-0.39, 0.29) is 11.8 Å². The van der Waals surface area contributed by atoms with Gasteiger partial charge in [-0.15, -0.1) is 0 Å². The molecule has 1 fully saturated rings. The summed E-state index contributed by atoms with van der Waals surface area (Å²) in [5.41, 5.74) is 3.69. The molecule has 0 saturated carbocycles. The number of nitrogens with zero attached hydrogens (tertiary/aromatic N) is 3. The Labute approximate surface area is 138 Å². The molecule has 0 aliphatic carbocycles. The third kappa shape index (κ3) is 2.03. The molecule has 6 nitrogen and oxygen atoms in total. The maximum absolute atomic E-state index is 12.9. The van der Waals surface area contributed by atoms with E-state index in [0.29, 0.717) is 17.0 Å². The average Bonchev–Trinajstić information content (AvgIpc) is 3.11. The fourth-order valence-electron chi connectivity index (χ4n) is 3.22. The molecule has 2 amide bonds. The summed E-state index contributed by atoms with van der Waals surface area (Å²) in [4.78, 5) is 36.2. The fourth-order valence-corrected chi connectivity index (χ4v) is 3.22. The Morgan fingerprint density at radius 2 is 1.96 bits per heavy atom. The smallest absolute Gasteiger partial charge is 0.278 e. The first-order valence-electron chi connectivity index (χ1n) is 7.67. The number of aromatic nitrogens is 1. The average molecular weight is 321 g/mol. The molecule has 1 aromatic carbocycles. The number of rotatable bonds is 2. The van der Waals surface area contributed by atoms with Crippen molar-refractivity contribution in [3.8, 4) is 0 Å². The van der Waals surface area contributed by atoms with Crippen LogP contribution in [0.1, 0.15) is 16.7 Å². The Hall–Kier alpha value is -3.02. The summed E-state index contributed by atoms with van der Waals surface area (Å²) in [5, 5.41) is 3.96. The van der Waals surface area contributed by atoms with Gasteiger partial charge in [0.15, 0.2) is 0 Å². The number of hydrogen-bond donors (Lipinski definition) is 0. The minimum absolute atomic E-state index is 0.308.